The average Bonchev–Trinajstić information content (AvgIpc) is 3.28. The van der Waals surface area contributed by atoms with Crippen molar-refractivity contribution >= 4 is 0 Å². The standard InChI is InChI=1S/C61H117N2/c1-4-6-8-10-12-14-16-18-20-22-24-26-28-30-32-34-36-38-40-42-44-46-48-50-52-54-56-60-58-61(63-59(3)62-60)57-55-53-51-49-47-45-43-41-39-37-35-33-31-29-27-25-23-21-19-17-15-13-11-9-7-5-2/h58H,3-57H2,1-2H3. The minimum absolute atomic E-state index is 0.729. The number of rotatable bonds is 54. The normalized spacial score (nSPS) is 11.7. The average molecular weight is 879 g/mol. The van der Waals surface area contributed by atoms with Crippen molar-refractivity contribution in [3.8, 4) is 0 Å². The van der Waals surface area contributed by atoms with Gasteiger partial charge < -0.3 is 0 Å². The molecule has 371 valence electrons. The van der Waals surface area contributed by atoms with Crippen LogP contribution in [0.5, 0.6) is 0 Å². The molecule has 1 aromatic heterocycles. The first kappa shape index (κ1) is 60.1. The van der Waals surface area contributed by atoms with Gasteiger partial charge in [0.05, 0.1) is 0 Å². The summed E-state index contributed by atoms with van der Waals surface area (Å²) in [5, 5.41) is 0. The molecule has 0 spiro atoms. The summed E-state index contributed by atoms with van der Waals surface area (Å²) in [6.07, 6.45) is 77.4. The van der Waals surface area contributed by atoms with E-state index in [4.69, 9.17) is 0 Å². The number of unbranched alkanes of at least 4 members (excludes halogenated alkanes) is 50. The molecule has 2 nitrogen and oxygen atoms in total. The highest BCUT2D eigenvalue weighted by Crippen LogP contribution is 2.19. The van der Waals surface area contributed by atoms with E-state index >= 15 is 0 Å². The van der Waals surface area contributed by atoms with Gasteiger partial charge in [0.15, 0.2) is 0 Å². The number of aromatic nitrogens is 2. The maximum Gasteiger partial charge on any atom is 0.129 e. The Kier molecular flexibility index (Phi) is 49.7. The minimum Gasteiger partial charge on any atom is -0.238 e. The van der Waals surface area contributed by atoms with Crippen LogP contribution in [0.4, 0.5) is 0 Å². The Morgan fingerprint density at radius 3 is 0.540 bits per heavy atom. The predicted molar refractivity (Wildman–Crippen MR) is 285 cm³/mol. The first-order chi connectivity index (χ1) is 31.3. The molecule has 0 saturated carbocycles. The van der Waals surface area contributed by atoms with Gasteiger partial charge in [0.1, 0.15) is 5.82 Å². The van der Waals surface area contributed by atoms with Gasteiger partial charge in [-0.3, -0.25) is 0 Å². The van der Waals surface area contributed by atoms with Crippen molar-refractivity contribution in [3.05, 3.63) is 30.2 Å². The Balaban J connectivity index is 1.79. The maximum absolute atomic E-state index is 4.69. The topological polar surface area (TPSA) is 25.8 Å². The van der Waals surface area contributed by atoms with Crippen LogP contribution in [-0.2, 0) is 12.8 Å². The molecule has 0 bridgehead atoms. The second-order valence-electron chi connectivity index (χ2n) is 20.9. The summed E-state index contributed by atoms with van der Waals surface area (Å²) in [5.74, 6) is 0.729. The summed E-state index contributed by atoms with van der Waals surface area (Å²) in [6, 6.07) is 2.29. The van der Waals surface area contributed by atoms with E-state index in [1.807, 2.05) is 0 Å². The fourth-order valence-corrected chi connectivity index (χ4v) is 10.1. The van der Waals surface area contributed by atoms with Crippen molar-refractivity contribution in [2.75, 3.05) is 0 Å². The summed E-state index contributed by atoms with van der Waals surface area (Å²) in [7, 11) is 0. The maximum atomic E-state index is 4.69. The second-order valence-corrected chi connectivity index (χ2v) is 20.9. The summed E-state index contributed by atoms with van der Waals surface area (Å²) in [5.41, 5.74) is 2.45. The van der Waals surface area contributed by atoms with E-state index < -0.39 is 0 Å². The molecule has 0 atom stereocenters. The summed E-state index contributed by atoms with van der Waals surface area (Å²) < 4.78 is 0. The Morgan fingerprint density at radius 1 is 0.238 bits per heavy atom. The summed E-state index contributed by atoms with van der Waals surface area (Å²) in [4.78, 5) is 9.38. The molecular weight excluding hydrogens is 761 g/mol. The first-order valence-corrected chi connectivity index (χ1v) is 29.9. The molecule has 0 aromatic carbocycles. The van der Waals surface area contributed by atoms with Gasteiger partial charge in [-0.25, -0.2) is 9.97 Å². The van der Waals surface area contributed by atoms with Crippen LogP contribution >= 0.6 is 0 Å². The summed E-state index contributed by atoms with van der Waals surface area (Å²) >= 11 is 0. The molecule has 1 aromatic rings. The van der Waals surface area contributed by atoms with Crippen molar-refractivity contribution in [3.63, 3.8) is 0 Å². The van der Waals surface area contributed by atoms with E-state index in [2.05, 4.69) is 36.8 Å². The van der Waals surface area contributed by atoms with Crippen LogP contribution in [0.2, 0.25) is 0 Å². The molecule has 0 aliphatic heterocycles. The van der Waals surface area contributed by atoms with Gasteiger partial charge in [-0.05, 0) is 31.7 Å². The molecule has 0 N–H and O–H groups in total. The monoisotopic (exact) mass is 878 g/mol. The van der Waals surface area contributed by atoms with Crippen LogP contribution in [0.1, 0.15) is 365 Å². The Labute approximate surface area is 399 Å². The number of aryl methyl sites for hydroxylation is 2. The van der Waals surface area contributed by atoms with Crippen molar-refractivity contribution in [1.29, 1.82) is 0 Å². The fraction of sp³-hybridized carbons (Fsp3) is 0.918. The van der Waals surface area contributed by atoms with Crippen LogP contribution < -0.4 is 0 Å². The smallest absolute Gasteiger partial charge is 0.129 e. The van der Waals surface area contributed by atoms with Gasteiger partial charge in [-0.2, -0.15) is 0 Å². The van der Waals surface area contributed by atoms with Crippen LogP contribution in [0.3, 0.4) is 0 Å². The highest BCUT2D eigenvalue weighted by Gasteiger charge is 2.04. The molecule has 63 heavy (non-hydrogen) atoms. The molecule has 1 heterocycles. The van der Waals surface area contributed by atoms with Crippen LogP contribution in [0, 0.1) is 6.92 Å². The number of hydrogen-bond acceptors (Lipinski definition) is 2. The van der Waals surface area contributed by atoms with E-state index in [0.29, 0.717) is 0 Å². The van der Waals surface area contributed by atoms with Gasteiger partial charge >= 0.3 is 0 Å². The number of nitrogens with zero attached hydrogens (tertiary/aromatic N) is 2. The van der Waals surface area contributed by atoms with Crippen molar-refractivity contribution < 1.29 is 0 Å². The lowest BCUT2D eigenvalue weighted by Gasteiger charge is -2.07. The van der Waals surface area contributed by atoms with Gasteiger partial charge in [0.2, 0.25) is 0 Å². The van der Waals surface area contributed by atoms with Gasteiger partial charge in [-0.15, -0.1) is 0 Å². The SMILES string of the molecule is [CH2]c1nc(CCCCCCCCCCCCCCCCCCCCCCCCCCCC)cc(CCCCCCCCCCCCCCCCCCCCCCCCCCCC)n1. The zero-order chi connectivity index (χ0) is 45.0. The zero-order valence-electron chi connectivity index (χ0n) is 43.9. The first-order valence-electron chi connectivity index (χ1n) is 29.9. The Hall–Kier alpha value is -0.920. The van der Waals surface area contributed by atoms with Gasteiger partial charge in [0, 0.05) is 18.3 Å². The molecule has 0 aliphatic carbocycles. The third kappa shape index (κ3) is 47.4. The molecule has 0 saturated heterocycles. The van der Waals surface area contributed by atoms with Gasteiger partial charge in [0.25, 0.3) is 0 Å². The van der Waals surface area contributed by atoms with Gasteiger partial charge in [-0.1, -0.05) is 335 Å². The Bertz CT molecular complexity index is 913. The van der Waals surface area contributed by atoms with Crippen LogP contribution in [-0.4, -0.2) is 9.97 Å². The number of hydrogen-bond donors (Lipinski definition) is 0. The van der Waals surface area contributed by atoms with E-state index in [-0.39, 0.29) is 0 Å². The predicted octanol–water partition coefficient (Wildman–Crippen LogP) is 22.1. The molecular formula is C61H117N2. The second kappa shape index (κ2) is 52.1. The third-order valence-corrected chi connectivity index (χ3v) is 14.5. The molecule has 0 unspecified atom stereocenters. The fourth-order valence-electron chi connectivity index (χ4n) is 10.1. The quantitative estimate of drug-likeness (QED) is 0.0609. The molecule has 0 aliphatic rings. The van der Waals surface area contributed by atoms with Crippen LogP contribution in [0.15, 0.2) is 6.07 Å². The molecule has 0 fully saturated rings. The lowest BCUT2D eigenvalue weighted by Crippen LogP contribution is -2.01. The van der Waals surface area contributed by atoms with E-state index in [9.17, 15) is 0 Å². The van der Waals surface area contributed by atoms with E-state index in [1.165, 1.54) is 345 Å². The molecule has 1 rings (SSSR count). The minimum atomic E-state index is 0.729. The highest BCUT2D eigenvalue weighted by molar-refractivity contribution is 5.13. The lowest BCUT2D eigenvalue weighted by atomic mass is 10.0. The van der Waals surface area contributed by atoms with E-state index in [1.54, 1.807) is 0 Å². The summed E-state index contributed by atoms with van der Waals surface area (Å²) in [6.45, 7) is 8.73. The molecule has 1 radical (unpaired) electrons. The largest absolute Gasteiger partial charge is 0.238 e. The van der Waals surface area contributed by atoms with E-state index in [0.717, 1.165) is 18.7 Å². The third-order valence-electron chi connectivity index (χ3n) is 14.5. The molecule has 0 amide bonds. The van der Waals surface area contributed by atoms with Crippen molar-refractivity contribution in [2.45, 2.75) is 361 Å². The molecule has 2 heteroatoms. The highest BCUT2D eigenvalue weighted by atomic mass is 14.9. The Morgan fingerprint density at radius 2 is 0.381 bits per heavy atom. The van der Waals surface area contributed by atoms with Crippen LogP contribution in [0.25, 0.3) is 0 Å². The lowest BCUT2D eigenvalue weighted by molar-refractivity contribution is 0.515. The van der Waals surface area contributed by atoms with Crippen molar-refractivity contribution in [1.82, 2.24) is 9.97 Å². The van der Waals surface area contributed by atoms with Crippen molar-refractivity contribution in [2.24, 2.45) is 0 Å². The zero-order valence-corrected chi connectivity index (χ0v) is 43.9.